The highest BCUT2D eigenvalue weighted by Gasteiger charge is 2.35. The van der Waals surface area contributed by atoms with Crippen molar-refractivity contribution in [1.29, 1.82) is 0 Å². The highest BCUT2D eigenvalue weighted by atomic mass is 19.1. The summed E-state index contributed by atoms with van der Waals surface area (Å²) in [5.74, 6) is -0.513. The molecule has 1 saturated heterocycles. The van der Waals surface area contributed by atoms with E-state index in [0.29, 0.717) is 31.5 Å². The number of ketones is 1. The third-order valence-electron chi connectivity index (χ3n) is 5.51. The highest BCUT2D eigenvalue weighted by Crippen LogP contribution is 2.28. The summed E-state index contributed by atoms with van der Waals surface area (Å²) >= 11 is 0. The van der Waals surface area contributed by atoms with Crippen molar-refractivity contribution in [3.63, 3.8) is 0 Å². The molecule has 2 aliphatic rings. The molecule has 6 nitrogen and oxygen atoms in total. The van der Waals surface area contributed by atoms with Crippen LogP contribution in [0.3, 0.4) is 0 Å². The number of benzene rings is 1. The molecule has 0 spiro atoms. The van der Waals surface area contributed by atoms with Crippen molar-refractivity contribution >= 4 is 17.6 Å². The number of carbonyl (C=O) groups is 3. The molecule has 1 atom stereocenters. The fourth-order valence-corrected chi connectivity index (χ4v) is 3.99. The SMILES string of the molecule is CC1(C)CC(=O)C=C(C(=O)N2CCC[C@@H](CCC(=O)NCc3ccccc3F)C2)O1. The monoisotopic (exact) mass is 416 g/mol. The molecule has 2 heterocycles. The topological polar surface area (TPSA) is 75.7 Å². The summed E-state index contributed by atoms with van der Waals surface area (Å²) in [6, 6.07) is 6.37. The van der Waals surface area contributed by atoms with Crippen LogP contribution in [0.5, 0.6) is 0 Å². The molecule has 1 N–H and O–H groups in total. The Kier molecular flexibility index (Phi) is 6.90. The number of ether oxygens (including phenoxy) is 1. The Bertz CT molecular complexity index is 849. The molecule has 1 fully saturated rings. The smallest absolute Gasteiger partial charge is 0.289 e. The second-order valence-corrected chi connectivity index (χ2v) is 8.68. The normalized spacial score (nSPS) is 20.9. The number of piperidine rings is 1. The summed E-state index contributed by atoms with van der Waals surface area (Å²) in [4.78, 5) is 38.6. The molecule has 0 saturated carbocycles. The van der Waals surface area contributed by atoms with E-state index in [0.717, 1.165) is 12.8 Å². The van der Waals surface area contributed by atoms with E-state index in [1.807, 2.05) is 0 Å². The summed E-state index contributed by atoms with van der Waals surface area (Å²) in [6.07, 6.45) is 4.32. The second kappa shape index (κ2) is 9.41. The van der Waals surface area contributed by atoms with Crippen LogP contribution in [0.4, 0.5) is 4.39 Å². The molecule has 0 radical (unpaired) electrons. The molecule has 0 bridgehead atoms. The van der Waals surface area contributed by atoms with E-state index < -0.39 is 5.60 Å². The number of hydrogen-bond donors (Lipinski definition) is 1. The zero-order chi connectivity index (χ0) is 21.7. The van der Waals surface area contributed by atoms with Gasteiger partial charge >= 0.3 is 0 Å². The van der Waals surface area contributed by atoms with Gasteiger partial charge in [0.15, 0.2) is 11.5 Å². The minimum absolute atomic E-state index is 0.102. The first kappa shape index (κ1) is 22.0. The number of rotatable bonds is 6. The summed E-state index contributed by atoms with van der Waals surface area (Å²) < 4.78 is 19.4. The Morgan fingerprint density at radius 3 is 2.80 bits per heavy atom. The van der Waals surface area contributed by atoms with Gasteiger partial charge in [-0.3, -0.25) is 14.4 Å². The van der Waals surface area contributed by atoms with Crippen LogP contribution < -0.4 is 5.32 Å². The third kappa shape index (κ3) is 5.90. The highest BCUT2D eigenvalue weighted by molar-refractivity contribution is 6.01. The number of hydrogen-bond acceptors (Lipinski definition) is 4. The van der Waals surface area contributed by atoms with Gasteiger partial charge in [-0.25, -0.2) is 4.39 Å². The van der Waals surface area contributed by atoms with Crippen LogP contribution in [0.1, 0.15) is 51.5 Å². The largest absolute Gasteiger partial charge is 0.481 e. The lowest BCUT2D eigenvalue weighted by molar-refractivity contribution is -0.139. The molecule has 0 aliphatic carbocycles. The number of nitrogens with one attached hydrogen (secondary N) is 1. The summed E-state index contributed by atoms with van der Waals surface area (Å²) in [7, 11) is 0. The van der Waals surface area contributed by atoms with E-state index >= 15 is 0 Å². The maximum absolute atomic E-state index is 13.6. The summed E-state index contributed by atoms with van der Waals surface area (Å²) in [5.41, 5.74) is -0.221. The van der Waals surface area contributed by atoms with Gasteiger partial charge in [-0.05, 0) is 45.1 Å². The molecule has 162 valence electrons. The van der Waals surface area contributed by atoms with Crippen molar-refractivity contribution in [2.24, 2.45) is 5.92 Å². The molecular formula is C23H29FN2O4. The number of halogens is 1. The summed E-state index contributed by atoms with van der Waals surface area (Å²) in [6.45, 7) is 4.91. The Morgan fingerprint density at radius 2 is 2.07 bits per heavy atom. The number of amides is 2. The number of allylic oxidation sites excluding steroid dienone is 1. The van der Waals surface area contributed by atoms with Gasteiger partial charge in [0, 0.05) is 44.1 Å². The van der Waals surface area contributed by atoms with Crippen molar-refractivity contribution < 1.29 is 23.5 Å². The lowest BCUT2D eigenvalue weighted by atomic mass is 9.92. The molecular weight excluding hydrogens is 387 g/mol. The minimum atomic E-state index is -0.678. The first-order chi connectivity index (χ1) is 14.2. The van der Waals surface area contributed by atoms with Crippen molar-refractivity contribution in [3.8, 4) is 0 Å². The molecule has 0 unspecified atom stereocenters. The van der Waals surface area contributed by atoms with Crippen molar-refractivity contribution in [1.82, 2.24) is 10.2 Å². The van der Waals surface area contributed by atoms with Gasteiger partial charge in [0.25, 0.3) is 5.91 Å². The lowest BCUT2D eigenvalue weighted by Gasteiger charge is -2.36. The zero-order valence-corrected chi connectivity index (χ0v) is 17.6. The van der Waals surface area contributed by atoms with Crippen molar-refractivity contribution in [2.75, 3.05) is 13.1 Å². The van der Waals surface area contributed by atoms with Crippen LogP contribution in [0.25, 0.3) is 0 Å². The maximum atomic E-state index is 13.6. The van der Waals surface area contributed by atoms with Crippen LogP contribution in [-0.2, 0) is 25.7 Å². The van der Waals surface area contributed by atoms with Gasteiger partial charge in [0.2, 0.25) is 5.91 Å². The zero-order valence-electron chi connectivity index (χ0n) is 17.6. The van der Waals surface area contributed by atoms with Gasteiger partial charge in [-0.15, -0.1) is 0 Å². The van der Waals surface area contributed by atoms with Crippen molar-refractivity contribution in [3.05, 3.63) is 47.5 Å². The van der Waals surface area contributed by atoms with E-state index in [1.165, 1.54) is 12.1 Å². The second-order valence-electron chi connectivity index (χ2n) is 8.68. The third-order valence-corrected chi connectivity index (χ3v) is 5.51. The molecule has 7 heteroatoms. The lowest BCUT2D eigenvalue weighted by Crippen LogP contribution is -2.44. The predicted molar refractivity (Wildman–Crippen MR) is 110 cm³/mol. The van der Waals surface area contributed by atoms with Gasteiger partial charge in [-0.1, -0.05) is 18.2 Å². The maximum Gasteiger partial charge on any atom is 0.289 e. The summed E-state index contributed by atoms with van der Waals surface area (Å²) in [5, 5.41) is 2.75. The molecule has 2 aliphatic heterocycles. The average Bonchev–Trinajstić information content (AvgIpc) is 2.70. The number of carbonyl (C=O) groups excluding carboxylic acids is 3. The molecule has 3 rings (SSSR count). The van der Waals surface area contributed by atoms with E-state index in [9.17, 15) is 18.8 Å². The molecule has 1 aromatic carbocycles. The van der Waals surface area contributed by atoms with Crippen LogP contribution >= 0.6 is 0 Å². The Morgan fingerprint density at radius 1 is 1.30 bits per heavy atom. The van der Waals surface area contributed by atoms with Gasteiger partial charge < -0.3 is 15.0 Å². The van der Waals surface area contributed by atoms with Gasteiger partial charge in [-0.2, -0.15) is 0 Å². The van der Waals surface area contributed by atoms with Crippen LogP contribution in [-0.4, -0.2) is 41.2 Å². The van der Waals surface area contributed by atoms with Crippen LogP contribution in [0.2, 0.25) is 0 Å². The Hall–Kier alpha value is -2.70. The van der Waals surface area contributed by atoms with Gasteiger partial charge in [0.1, 0.15) is 11.4 Å². The first-order valence-electron chi connectivity index (χ1n) is 10.5. The van der Waals surface area contributed by atoms with E-state index in [4.69, 9.17) is 4.74 Å². The van der Waals surface area contributed by atoms with E-state index in [1.54, 1.807) is 36.9 Å². The van der Waals surface area contributed by atoms with Crippen LogP contribution in [0.15, 0.2) is 36.1 Å². The Labute approximate surface area is 176 Å². The van der Waals surface area contributed by atoms with E-state index in [-0.39, 0.29) is 48.1 Å². The fourth-order valence-electron chi connectivity index (χ4n) is 3.99. The standard InChI is InChI=1S/C23H29FN2O4/c1-23(2)13-18(27)12-20(30-23)22(29)26-11-5-6-16(15-26)9-10-21(28)25-14-17-7-3-4-8-19(17)24/h3-4,7-8,12,16H,5-6,9-11,13-15H2,1-2H3,(H,25,28)/t16-/m0/s1. The predicted octanol–water partition coefficient (Wildman–Crippen LogP) is 3.11. The molecule has 1 aromatic rings. The van der Waals surface area contributed by atoms with E-state index in [2.05, 4.69) is 5.32 Å². The minimum Gasteiger partial charge on any atom is -0.481 e. The fraction of sp³-hybridized carbons (Fsp3) is 0.522. The first-order valence-corrected chi connectivity index (χ1v) is 10.5. The quantitative estimate of drug-likeness (QED) is 0.773. The molecule has 30 heavy (non-hydrogen) atoms. The number of likely N-dealkylation sites (tertiary alicyclic amines) is 1. The molecule has 2 amide bonds. The van der Waals surface area contributed by atoms with Gasteiger partial charge in [0.05, 0.1) is 0 Å². The number of nitrogens with zero attached hydrogens (tertiary/aromatic N) is 1. The Balaban J connectivity index is 1.48. The van der Waals surface area contributed by atoms with Crippen molar-refractivity contribution in [2.45, 2.75) is 58.1 Å². The molecule has 0 aromatic heterocycles. The van der Waals surface area contributed by atoms with Crippen LogP contribution in [0, 0.1) is 11.7 Å². The average molecular weight is 416 g/mol.